The van der Waals surface area contributed by atoms with Gasteiger partial charge in [-0.05, 0) is 18.2 Å². The van der Waals surface area contributed by atoms with Gasteiger partial charge in [-0.3, -0.25) is 0 Å². The highest BCUT2D eigenvalue weighted by molar-refractivity contribution is 5.88. The van der Waals surface area contributed by atoms with Gasteiger partial charge >= 0.3 is 5.97 Å². The molecule has 0 saturated heterocycles. The number of benzene rings is 1. The maximum atomic E-state index is 10.7. The van der Waals surface area contributed by atoms with Crippen LogP contribution >= 0.6 is 0 Å². The average Bonchev–Trinajstić information content (AvgIpc) is 2.04. The van der Waals surface area contributed by atoms with E-state index in [1.165, 1.54) is 12.1 Å². The zero-order valence-electron chi connectivity index (χ0n) is 8.03. The summed E-state index contributed by atoms with van der Waals surface area (Å²) in [5.74, 6) is -1.06. The van der Waals surface area contributed by atoms with Gasteiger partial charge in [0.2, 0.25) is 0 Å². The minimum absolute atomic E-state index is 0.0335. The van der Waals surface area contributed by atoms with E-state index < -0.39 is 5.97 Å². The maximum Gasteiger partial charge on any atom is 0.335 e. The van der Waals surface area contributed by atoms with Crippen molar-refractivity contribution in [3.05, 3.63) is 29.8 Å². The van der Waals surface area contributed by atoms with E-state index >= 15 is 0 Å². The van der Waals surface area contributed by atoms with Crippen LogP contribution in [0.2, 0.25) is 0 Å². The number of aromatic carboxylic acids is 1. The largest absolute Gasteiger partial charge is 0.478 e. The monoisotopic (exact) mass is 166 g/mol. The highest BCUT2D eigenvalue weighted by Gasteiger charge is 2.03. The first-order valence-corrected chi connectivity index (χ1v) is 3.53. The van der Waals surface area contributed by atoms with Gasteiger partial charge in [0.15, 0.2) is 0 Å². The molecule has 0 unspecified atom stereocenters. The molecule has 0 saturated carbocycles. The minimum Gasteiger partial charge on any atom is -0.478 e. The van der Waals surface area contributed by atoms with Crippen LogP contribution in [0.25, 0.3) is 0 Å². The number of rotatable bonds is 2. The van der Waals surface area contributed by atoms with E-state index in [1.807, 2.05) is 14.1 Å². The number of hydrogen-bond acceptors (Lipinski definition) is 2. The minimum atomic E-state index is -1.06. The van der Waals surface area contributed by atoms with Crippen LogP contribution in [-0.4, -0.2) is 25.2 Å². The molecule has 12 heavy (non-hydrogen) atoms. The molecule has 0 spiro atoms. The topological polar surface area (TPSA) is 40.5 Å². The fourth-order valence-corrected chi connectivity index (χ4v) is 0.856. The van der Waals surface area contributed by atoms with Gasteiger partial charge in [-0.25, -0.2) is 4.79 Å². The van der Waals surface area contributed by atoms with Crippen molar-refractivity contribution in [1.29, 1.82) is 0 Å². The molecule has 0 amide bonds. The molecule has 0 fully saturated rings. The van der Waals surface area contributed by atoms with E-state index in [1.54, 1.807) is 11.0 Å². The number of hydrogen-bond donors (Lipinski definition) is 1. The average molecular weight is 166 g/mol. The van der Waals surface area contributed by atoms with E-state index in [-0.39, 0.29) is 11.6 Å². The third kappa shape index (κ3) is 1.75. The molecular weight excluding hydrogens is 154 g/mol. The lowest BCUT2D eigenvalue weighted by atomic mass is 10.2. The van der Waals surface area contributed by atoms with Crippen molar-refractivity contribution >= 4 is 11.7 Å². The number of carboxylic acid groups (broad SMARTS) is 1. The summed E-state index contributed by atoms with van der Waals surface area (Å²) in [6.45, 7) is 0. The highest BCUT2D eigenvalue weighted by atomic mass is 16.4. The van der Waals surface area contributed by atoms with E-state index in [0.29, 0.717) is 0 Å². The predicted octanol–water partition coefficient (Wildman–Crippen LogP) is 1.45. The summed E-state index contributed by atoms with van der Waals surface area (Å²) in [6.07, 6.45) is 0. The van der Waals surface area contributed by atoms with Crippen LogP contribution in [0.3, 0.4) is 0 Å². The molecule has 0 aliphatic rings. The van der Waals surface area contributed by atoms with Crippen LogP contribution in [0.15, 0.2) is 24.2 Å². The summed E-state index contributed by atoms with van der Waals surface area (Å²) >= 11 is 0. The molecule has 3 nitrogen and oxygen atoms in total. The number of nitrogens with zero attached hydrogens (tertiary/aromatic N) is 1. The van der Waals surface area contributed by atoms with Crippen molar-refractivity contribution in [2.45, 2.75) is 0 Å². The van der Waals surface area contributed by atoms with Gasteiger partial charge in [0.25, 0.3) is 0 Å². The first kappa shape index (κ1) is 7.16. The van der Waals surface area contributed by atoms with Gasteiger partial charge in [0.05, 0.1) is 6.93 Å². The molecule has 0 aliphatic heterocycles. The quantitative estimate of drug-likeness (QED) is 0.722. The molecule has 0 heterocycles. The third-order valence-corrected chi connectivity index (χ3v) is 1.53. The molecule has 0 aliphatic carbocycles. The predicted molar refractivity (Wildman–Crippen MR) is 47.7 cm³/mol. The molecule has 0 bridgehead atoms. The van der Waals surface area contributed by atoms with E-state index in [4.69, 9.17) is 6.48 Å². The SMILES string of the molecule is [2H]c1ccc(N(C)C)cc1C(=O)O. The molecule has 0 radical (unpaired) electrons. The summed E-state index contributed by atoms with van der Waals surface area (Å²) in [7, 11) is 3.65. The van der Waals surface area contributed by atoms with Crippen molar-refractivity contribution in [3.8, 4) is 0 Å². The van der Waals surface area contributed by atoms with E-state index in [2.05, 4.69) is 0 Å². The van der Waals surface area contributed by atoms with Gasteiger partial charge < -0.3 is 10.0 Å². The van der Waals surface area contributed by atoms with E-state index in [0.717, 1.165) is 5.69 Å². The van der Waals surface area contributed by atoms with Crippen LogP contribution in [0.4, 0.5) is 5.69 Å². The third-order valence-electron chi connectivity index (χ3n) is 1.53. The molecule has 1 aromatic carbocycles. The standard InChI is InChI=1S/C9H11NO2/c1-10(2)8-5-3-4-7(6-8)9(11)12/h3-6H,1-2H3,(H,11,12)/i4D. The summed E-state index contributed by atoms with van der Waals surface area (Å²) in [5, 5.41) is 8.73. The Morgan fingerprint density at radius 1 is 1.67 bits per heavy atom. The first-order valence-electron chi connectivity index (χ1n) is 4.03. The lowest BCUT2D eigenvalue weighted by Crippen LogP contribution is -2.09. The number of carboxylic acids is 1. The maximum absolute atomic E-state index is 10.7. The number of anilines is 1. The molecule has 64 valence electrons. The Hall–Kier alpha value is -1.51. The zero-order chi connectivity index (χ0) is 10.0. The summed E-state index contributed by atoms with van der Waals surface area (Å²) in [6, 6.07) is 4.73. The van der Waals surface area contributed by atoms with Crippen molar-refractivity contribution in [2.75, 3.05) is 19.0 Å². The van der Waals surface area contributed by atoms with Crippen LogP contribution in [0.5, 0.6) is 0 Å². The fourth-order valence-electron chi connectivity index (χ4n) is 0.856. The van der Waals surface area contributed by atoms with Crippen molar-refractivity contribution in [1.82, 2.24) is 0 Å². The summed E-state index contributed by atoms with van der Waals surface area (Å²) < 4.78 is 7.34. The zero-order valence-corrected chi connectivity index (χ0v) is 7.03. The van der Waals surface area contributed by atoms with Crippen LogP contribution < -0.4 is 4.90 Å². The normalized spacial score (nSPS) is 10.7. The lowest BCUT2D eigenvalue weighted by molar-refractivity contribution is 0.0697. The summed E-state index contributed by atoms with van der Waals surface area (Å²) in [4.78, 5) is 12.5. The Morgan fingerprint density at radius 2 is 2.33 bits per heavy atom. The highest BCUT2D eigenvalue weighted by Crippen LogP contribution is 2.12. The van der Waals surface area contributed by atoms with Gasteiger partial charge in [-0.1, -0.05) is 6.07 Å². The van der Waals surface area contributed by atoms with Crippen molar-refractivity contribution in [3.63, 3.8) is 0 Å². The Balaban J connectivity index is 3.19. The first-order chi connectivity index (χ1) is 6.02. The van der Waals surface area contributed by atoms with Crippen molar-refractivity contribution in [2.24, 2.45) is 0 Å². The molecule has 1 rings (SSSR count). The van der Waals surface area contributed by atoms with Crippen LogP contribution in [0.1, 0.15) is 11.7 Å². The van der Waals surface area contributed by atoms with Gasteiger partial charge in [-0.15, -0.1) is 0 Å². The Bertz CT molecular complexity index is 336. The summed E-state index contributed by atoms with van der Waals surface area (Å²) in [5.41, 5.74) is 0.819. The lowest BCUT2D eigenvalue weighted by Gasteiger charge is -2.12. The molecule has 3 heteroatoms. The Labute approximate surface area is 72.6 Å². The van der Waals surface area contributed by atoms with Gasteiger partial charge in [-0.2, -0.15) is 0 Å². The van der Waals surface area contributed by atoms with E-state index in [9.17, 15) is 4.79 Å². The van der Waals surface area contributed by atoms with Crippen LogP contribution in [-0.2, 0) is 0 Å². The van der Waals surface area contributed by atoms with Gasteiger partial charge in [0.1, 0.15) is 0 Å². The van der Waals surface area contributed by atoms with Crippen molar-refractivity contribution < 1.29 is 11.3 Å². The second-order valence-corrected chi connectivity index (χ2v) is 2.66. The molecule has 0 atom stereocenters. The second kappa shape index (κ2) is 3.26. The molecular formula is C9H11NO2. The molecule has 1 aromatic rings. The van der Waals surface area contributed by atoms with Gasteiger partial charge in [0, 0.05) is 19.8 Å². The Kier molecular flexibility index (Phi) is 1.94. The van der Waals surface area contributed by atoms with Crippen LogP contribution in [0, 0.1) is 0 Å². The number of carbonyl (C=O) groups is 1. The Morgan fingerprint density at radius 3 is 2.83 bits per heavy atom. The second-order valence-electron chi connectivity index (χ2n) is 2.66. The smallest absolute Gasteiger partial charge is 0.335 e. The molecule has 0 aromatic heterocycles. The fraction of sp³-hybridized carbons (Fsp3) is 0.222. The molecule has 1 N–H and O–H groups in total.